The van der Waals surface area contributed by atoms with Gasteiger partial charge in [-0.05, 0) is 31.9 Å². The number of imidazole rings is 1. The van der Waals surface area contributed by atoms with Crippen molar-refractivity contribution in [3.8, 4) is 0 Å². The van der Waals surface area contributed by atoms with Crippen LogP contribution >= 0.6 is 0 Å². The van der Waals surface area contributed by atoms with Crippen molar-refractivity contribution in [1.82, 2.24) is 15.3 Å². The smallest absolute Gasteiger partial charge is 0.251 e. The van der Waals surface area contributed by atoms with Crippen LogP contribution in [0.15, 0.2) is 24.3 Å². The van der Waals surface area contributed by atoms with Crippen LogP contribution in [0.1, 0.15) is 34.6 Å². The summed E-state index contributed by atoms with van der Waals surface area (Å²) in [5.74, 6) is 0.720. The number of H-pyrrole nitrogens is 1. The Morgan fingerprint density at radius 1 is 1.25 bits per heavy atom. The van der Waals surface area contributed by atoms with Crippen LogP contribution in [0.5, 0.6) is 0 Å². The van der Waals surface area contributed by atoms with Crippen LogP contribution in [0.25, 0.3) is 12.2 Å². The van der Waals surface area contributed by atoms with E-state index in [0.717, 1.165) is 34.9 Å². The summed E-state index contributed by atoms with van der Waals surface area (Å²) in [6.45, 7) is 2.42. The lowest BCUT2D eigenvalue weighted by atomic mass is 10.1. The number of nitrogens with one attached hydrogen (secondary N) is 2. The Hall–Kier alpha value is -2.36. The minimum atomic E-state index is -0.0765. The maximum Gasteiger partial charge on any atom is 0.251 e. The standard InChI is InChI=1S/C16H17N3O/c1-11-6-8-12(9-7-11)16(20)17-10-15-18-13-4-2-3-5-14(13)19-15/h4-9H,2-3,10H2,1H3,(H,17,20)(H,18,19). The van der Waals surface area contributed by atoms with Crippen LogP contribution in [0, 0.1) is 6.92 Å². The second-order valence-electron chi connectivity index (χ2n) is 5.02. The van der Waals surface area contributed by atoms with Crippen molar-refractivity contribution in [3.05, 3.63) is 51.9 Å². The quantitative estimate of drug-likeness (QED) is 0.871. The van der Waals surface area contributed by atoms with Crippen molar-refractivity contribution in [1.29, 1.82) is 0 Å². The van der Waals surface area contributed by atoms with Crippen LogP contribution in [0.4, 0.5) is 0 Å². The molecule has 0 saturated carbocycles. The van der Waals surface area contributed by atoms with Gasteiger partial charge in [0.25, 0.3) is 5.91 Å². The van der Waals surface area contributed by atoms with Gasteiger partial charge in [0.05, 0.1) is 17.2 Å². The van der Waals surface area contributed by atoms with Crippen LogP contribution in [0.3, 0.4) is 0 Å². The first-order valence-electron chi connectivity index (χ1n) is 6.82. The van der Waals surface area contributed by atoms with Gasteiger partial charge in [-0.3, -0.25) is 4.79 Å². The Morgan fingerprint density at radius 2 is 2.00 bits per heavy atom. The molecule has 0 bridgehead atoms. The highest BCUT2D eigenvalue weighted by atomic mass is 16.1. The molecule has 0 spiro atoms. The van der Waals surface area contributed by atoms with Gasteiger partial charge in [0, 0.05) is 5.56 Å². The van der Waals surface area contributed by atoms with Crippen LogP contribution in [0.2, 0.25) is 0 Å². The molecule has 0 unspecified atom stereocenters. The van der Waals surface area contributed by atoms with Crippen molar-refractivity contribution < 1.29 is 4.79 Å². The van der Waals surface area contributed by atoms with Gasteiger partial charge in [0.15, 0.2) is 0 Å². The van der Waals surface area contributed by atoms with Crippen molar-refractivity contribution in [2.24, 2.45) is 0 Å². The fraction of sp³-hybridized carbons (Fsp3) is 0.250. The summed E-state index contributed by atoms with van der Waals surface area (Å²) in [6.07, 6.45) is 6.35. The molecule has 4 nitrogen and oxygen atoms in total. The zero-order valence-corrected chi connectivity index (χ0v) is 11.4. The average molecular weight is 267 g/mol. The summed E-state index contributed by atoms with van der Waals surface area (Å²) in [5, 5.41) is 4.95. The van der Waals surface area contributed by atoms with Crippen molar-refractivity contribution in [2.45, 2.75) is 26.3 Å². The van der Waals surface area contributed by atoms with E-state index in [4.69, 9.17) is 0 Å². The highest BCUT2D eigenvalue weighted by Crippen LogP contribution is 2.03. The van der Waals surface area contributed by atoms with Crippen molar-refractivity contribution >= 4 is 18.1 Å². The number of aromatic nitrogens is 2. The number of amides is 1. The lowest BCUT2D eigenvalue weighted by Crippen LogP contribution is -2.26. The van der Waals surface area contributed by atoms with E-state index in [1.54, 1.807) is 0 Å². The minimum Gasteiger partial charge on any atom is -0.345 e. The second kappa shape index (κ2) is 5.33. The highest BCUT2D eigenvalue weighted by molar-refractivity contribution is 5.94. The lowest BCUT2D eigenvalue weighted by Gasteiger charge is -2.03. The van der Waals surface area contributed by atoms with E-state index >= 15 is 0 Å². The van der Waals surface area contributed by atoms with Gasteiger partial charge >= 0.3 is 0 Å². The Morgan fingerprint density at radius 3 is 2.75 bits per heavy atom. The van der Waals surface area contributed by atoms with Gasteiger partial charge in [-0.2, -0.15) is 0 Å². The van der Waals surface area contributed by atoms with Gasteiger partial charge in [-0.1, -0.05) is 29.8 Å². The molecule has 2 N–H and O–H groups in total. The van der Waals surface area contributed by atoms with E-state index in [0.29, 0.717) is 12.1 Å². The van der Waals surface area contributed by atoms with Crippen LogP contribution < -0.4 is 16.0 Å². The number of carbonyl (C=O) groups excluding carboxylic acids is 1. The molecule has 0 atom stereocenters. The van der Waals surface area contributed by atoms with Gasteiger partial charge in [-0.25, -0.2) is 4.98 Å². The van der Waals surface area contributed by atoms with E-state index in [2.05, 4.69) is 27.4 Å². The molecule has 1 aromatic heterocycles. The number of aryl methyl sites for hydroxylation is 1. The minimum absolute atomic E-state index is 0.0765. The normalized spacial score (nSPS) is 13.1. The Balaban J connectivity index is 1.69. The Kier molecular flexibility index (Phi) is 3.37. The average Bonchev–Trinajstić information content (AvgIpc) is 2.88. The summed E-state index contributed by atoms with van der Waals surface area (Å²) in [5.41, 5.74) is 1.82. The number of hydrogen-bond donors (Lipinski definition) is 2. The Bertz CT molecular complexity index is 708. The molecular formula is C16H17N3O. The summed E-state index contributed by atoms with van der Waals surface area (Å²) in [6, 6.07) is 7.54. The molecule has 0 saturated heterocycles. The molecule has 1 amide bonds. The fourth-order valence-corrected chi connectivity index (χ4v) is 2.27. The molecule has 4 heteroatoms. The molecule has 1 aromatic carbocycles. The molecule has 1 aliphatic rings. The third-order valence-corrected chi connectivity index (χ3v) is 3.39. The largest absolute Gasteiger partial charge is 0.345 e. The summed E-state index contributed by atoms with van der Waals surface area (Å²) >= 11 is 0. The molecule has 3 rings (SSSR count). The lowest BCUT2D eigenvalue weighted by molar-refractivity contribution is 0.0950. The Labute approximate surface area is 117 Å². The maximum absolute atomic E-state index is 12.0. The predicted molar refractivity (Wildman–Crippen MR) is 78.4 cm³/mol. The molecule has 0 radical (unpaired) electrons. The van der Waals surface area contributed by atoms with Gasteiger partial charge in [0.2, 0.25) is 0 Å². The van der Waals surface area contributed by atoms with E-state index in [1.807, 2.05) is 31.2 Å². The SMILES string of the molecule is Cc1ccc(C(=O)NCc2nc3c([nH]2)=CCCC=3)cc1. The summed E-state index contributed by atoms with van der Waals surface area (Å²) in [4.78, 5) is 19.7. The summed E-state index contributed by atoms with van der Waals surface area (Å²) in [7, 11) is 0. The molecule has 1 heterocycles. The van der Waals surface area contributed by atoms with Gasteiger partial charge in [-0.15, -0.1) is 0 Å². The van der Waals surface area contributed by atoms with E-state index in [-0.39, 0.29) is 5.91 Å². The zero-order chi connectivity index (χ0) is 13.9. The third kappa shape index (κ3) is 2.64. The molecule has 102 valence electrons. The molecule has 1 aliphatic carbocycles. The number of benzene rings is 1. The molecular weight excluding hydrogens is 250 g/mol. The topological polar surface area (TPSA) is 57.8 Å². The number of aromatic amines is 1. The number of rotatable bonds is 3. The zero-order valence-electron chi connectivity index (χ0n) is 11.4. The molecule has 0 fully saturated rings. The fourth-order valence-electron chi connectivity index (χ4n) is 2.27. The summed E-state index contributed by atoms with van der Waals surface area (Å²) < 4.78 is 0. The molecule has 0 aliphatic heterocycles. The number of fused-ring (bicyclic) bond motifs is 1. The first-order valence-corrected chi connectivity index (χ1v) is 6.82. The van der Waals surface area contributed by atoms with Crippen LogP contribution in [-0.2, 0) is 6.54 Å². The first kappa shape index (κ1) is 12.7. The number of nitrogens with zero attached hydrogens (tertiary/aromatic N) is 1. The van der Waals surface area contributed by atoms with Crippen molar-refractivity contribution in [3.63, 3.8) is 0 Å². The van der Waals surface area contributed by atoms with Crippen molar-refractivity contribution in [2.75, 3.05) is 0 Å². The van der Waals surface area contributed by atoms with Gasteiger partial charge < -0.3 is 10.3 Å². The monoisotopic (exact) mass is 267 g/mol. The molecule has 2 aromatic rings. The van der Waals surface area contributed by atoms with E-state index in [9.17, 15) is 4.79 Å². The third-order valence-electron chi connectivity index (χ3n) is 3.39. The van der Waals surface area contributed by atoms with E-state index < -0.39 is 0 Å². The van der Waals surface area contributed by atoms with E-state index in [1.165, 1.54) is 0 Å². The predicted octanol–water partition coefficient (Wildman–Crippen LogP) is 1.00. The maximum atomic E-state index is 12.0. The van der Waals surface area contributed by atoms with Crippen LogP contribution in [-0.4, -0.2) is 15.9 Å². The highest BCUT2D eigenvalue weighted by Gasteiger charge is 2.06. The van der Waals surface area contributed by atoms with Gasteiger partial charge in [0.1, 0.15) is 5.82 Å². The molecule has 20 heavy (non-hydrogen) atoms. The number of carbonyl (C=O) groups is 1. The first-order chi connectivity index (χ1) is 9.72. The second-order valence-corrected chi connectivity index (χ2v) is 5.02. The number of hydrogen-bond acceptors (Lipinski definition) is 2.